The number of nitrogens with zero attached hydrogens (tertiary/aromatic N) is 5. The van der Waals surface area contributed by atoms with E-state index in [0.717, 1.165) is 5.38 Å². The summed E-state index contributed by atoms with van der Waals surface area (Å²) < 4.78 is 91.8. The fourth-order valence-corrected chi connectivity index (χ4v) is 4.13. The lowest BCUT2D eigenvalue weighted by Gasteiger charge is -2.50. The maximum atomic E-state index is 13.4. The molecular formula is C15H13F7N6S. The van der Waals surface area contributed by atoms with E-state index in [-0.39, 0.29) is 22.7 Å². The average Bonchev–Trinajstić information content (AvgIpc) is 3.01. The van der Waals surface area contributed by atoms with Crippen LogP contribution in [0.5, 0.6) is 0 Å². The molecule has 2 aromatic rings. The molecule has 0 atom stereocenters. The highest BCUT2D eigenvalue weighted by molar-refractivity contribution is 7.13. The molecular weight excluding hydrogens is 429 g/mol. The third-order valence-corrected chi connectivity index (χ3v) is 5.62. The number of halogens is 7. The molecule has 0 aromatic carbocycles. The summed E-state index contributed by atoms with van der Waals surface area (Å²) in [4.78, 5) is 16.3. The van der Waals surface area contributed by atoms with Crippen molar-refractivity contribution in [3.63, 3.8) is 0 Å². The second-order valence-electron chi connectivity index (χ2n) is 7.10. The molecule has 2 heterocycles. The van der Waals surface area contributed by atoms with Crippen molar-refractivity contribution < 1.29 is 30.7 Å². The molecule has 2 aromatic heterocycles. The van der Waals surface area contributed by atoms with Crippen LogP contribution < -0.4 is 10.6 Å². The van der Waals surface area contributed by atoms with Gasteiger partial charge >= 0.3 is 6.18 Å². The Balaban J connectivity index is 1.67. The SMILES string of the molecule is Nc1nc(-c2nc(C(F)(F)F)cs2)nc(N(C2CC(F)(F)C2)C2CC(F)(F)C2)n1. The monoisotopic (exact) mass is 442 g/mol. The summed E-state index contributed by atoms with van der Waals surface area (Å²) >= 11 is 0.616. The lowest BCUT2D eigenvalue weighted by Crippen LogP contribution is -2.60. The number of hydrogen-bond acceptors (Lipinski definition) is 7. The van der Waals surface area contributed by atoms with Gasteiger partial charge < -0.3 is 10.6 Å². The predicted octanol–water partition coefficient (Wildman–Crippen LogP) is 4.00. The highest BCUT2D eigenvalue weighted by Crippen LogP contribution is 2.48. The number of nitrogen functional groups attached to an aromatic ring is 1. The molecule has 4 rings (SSSR count). The fourth-order valence-electron chi connectivity index (χ4n) is 3.38. The first-order chi connectivity index (χ1) is 13.3. The van der Waals surface area contributed by atoms with Crippen LogP contribution in [0.15, 0.2) is 5.38 Å². The average molecular weight is 442 g/mol. The molecule has 0 unspecified atom stereocenters. The van der Waals surface area contributed by atoms with E-state index in [1.165, 1.54) is 4.90 Å². The summed E-state index contributed by atoms with van der Waals surface area (Å²) in [6.07, 6.45) is -6.93. The lowest BCUT2D eigenvalue weighted by molar-refractivity contribution is -0.140. The molecule has 29 heavy (non-hydrogen) atoms. The van der Waals surface area contributed by atoms with Gasteiger partial charge in [0.15, 0.2) is 16.5 Å². The second kappa shape index (κ2) is 6.37. The Morgan fingerprint density at radius 2 is 1.48 bits per heavy atom. The first-order valence-electron chi connectivity index (χ1n) is 8.42. The van der Waals surface area contributed by atoms with Crippen LogP contribution in [-0.2, 0) is 6.18 Å². The molecule has 2 fully saturated rings. The zero-order valence-electron chi connectivity index (χ0n) is 14.4. The molecule has 158 valence electrons. The Hall–Kier alpha value is -2.25. The molecule has 0 spiro atoms. The number of thiazole rings is 1. The summed E-state index contributed by atoms with van der Waals surface area (Å²) in [5.74, 6) is -6.73. The quantitative estimate of drug-likeness (QED) is 0.722. The van der Waals surface area contributed by atoms with Crippen LogP contribution in [0.2, 0.25) is 0 Å². The third-order valence-electron chi connectivity index (χ3n) is 4.78. The van der Waals surface area contributed by atoms with Gasteiger partial charge in [0.05, 0.1) is 0 Å². The van der Waals surface area contributed by atoms with Crippen molar-refractivity contribution in [3.05, 3.63) is 11.1 Å². The van der Waals surface area contributed by atoms with Gasteiger partial charge in [-0.2, -0.15) is 28.1 Å². The van der Waals surface area contributed by atoms with E-state index in [1.807, 2.05) is 0 Å². The van der Waals surface area contributed by atoms with E-state index in [1.54, 1.807) is 0 Å². The van der Waals surface area contributed by atoms with Crippen LogP contribution in [0.25, 0.3) is 10.8 Å². The molecule has 0 amide bonds. The van der Waals surface area contributed by atoms with E-state index in [9.17, 15) is 30.7 Å². The van der Waals surface area contributed by atoms with E-state index in [0.29, 0.717) is 11.3 Å². The van der Waals surface area contributed by atoms with Crippen LogP contribution in [0.1, 0.15) is 31.4 Å². The molecule has 14 heteroatoms. The molecule has 2 aliphatic carbocycles. The largest absolute Gasteiger partial charge is 0.434 e. The van der Waals surface area contributed by atoms with Gasteiger partial charge in [0.25, 0.3) is 11.8 Å². The molecule has 2 saturated carbocycles. The van der Waals surface area contributed by atoms with Crippen molar-refractivity contribution in [2.45, 2.75) is 55.8 Å². The number of anilines is 2. The maximum absolute atomic E-state index is 13.4. The van der Waals surface area contributed by atoms with E-state index >= 15 is 0 Å². The fraction of sp³-hybridized carbons (Fsp3) is 0.600. The molecule has 2 N–H and O–H groups in total. The number of nitrogens with two attached hydrogens (primary N) is 1. The standard InChI is InChI=1S/C15H13F7N6S/c16-13(17)1-6(2-13)28(7-3-14(18,19)4-7)12-26-9(25-11(23)27-12)10-24-8(5-29-10)15(20,21)22/h5-7H,1-4H2,(H2,23,25,26,27). The topological polar surface area (TPSA) is 80.8 Å². The van der Waals surface area contributed by atoms with Crippen molar-refractivity contribution in [2.75, 3.05) is 10.6 Å². The van der Waals surface area contributed by atoms with Crippen LogP contribution >= 0.6 is 11.3 Å². The second-order valence-corrected chi connectivity index (χ2v) is 7.95. The van der Waals surface area contributed by atoms with Gasteiger partial charge in [-0.3, -0.25) is 0 Å². The summed E-state index contributed by atoms with van der Waals surface area (Å²) in [6, 6.07) is -1.58. The summed E-state index contributed by atoms with van der Waals surface area (Å²) in [5, 5.41) is 0.566. The number of hydrogen-bond donors (Lipinski definition) is 1. The van der Waals surface area contributed by atoms with Gasteiger partial charge in [-0.25, -0.2) is 22.5 Å². The Kier molecular flexibility index (Phi) is 4.40. The first-order valence-corrected chi connectivity index (χ1v) is 9.30. The predicted molar refractivity (Wildman–Crippen MR) is 88.8 cm³/mol. The van der Waals surface area contributed by atoms with Gasteiger partial charge in [-0.05, 0) is 0 Å². The number of rotatable bonds is 4. The van der Waals surface area contributed by atoms with E-state index in [4.69, 9.17) is 5.73 Å². The van der Waals surface area contributed by atoms with Crippen molar-refractivity contribution in [2.24, 2.45) is 0 Å². The highest BCUT2D eigenvalue weighted by atomic mass is 32.1. The lowest BCUT2D eigenvalue weighted by atomic mass is 9.80. The first kappa shape index (κ1) is 20.0. The molecule has 0 aliphatic heterocycles. The highest BCUT2D eigenvalue weighted by Gasteiger charge is 2.55. The van der Waals surface area contributed by atoms with Crippen LogP contribution in [0.4, 0.5) is 42.6 Å². The molecule has 0 saturated heterocycles. The van der Waals surface area contributed by atoms with E-state index < -0.39 is 61.5 Å². The summed E-state index contributed by atoms with van der Waals surface area (Å²) in [6.45, 7) is 0. The van der Waals surface area contributed by atoms with Crippen LogP contribution in [0.3, 0.4) is 0 Å². The third kappa shape index (κ3) is 3.94. The minimum atomic E-state index is -4.67. The van der Waals surface area contributed by atoms with Gasteiger partial charge in [-0.1, -0.05) is 0 Å². The van der Waals surface area contributed by atoms with Crippen molar-refractivity contribution in [3.8, 4) is 10.8 Å². The maximum Gasteiger partial charge on any atom is 0.434 e. The minimum Gasteiger partial charge on any atom is -0.368 e. The Morgan fingerprint density at radius 1 is 0.931 bits per heavy atom. The van der Waals surface area contributed by atoms with E-state index in [2.05, 4.69) is 19.9 Å². The number of aromatic nitrogens is 4. The van der Waals surface area contributed by atoms with Gasteiger partial charge in [0.1, 0.15) is 0 Å². The van der Waals surface area contributed by atoms with Crippen molar-refractivity contribution in [1.82, 2.24) is 19.9 Å². The van der Waals surface area contributed by atoms with Crippen molar-refractivity contribution in [1.29, 1.82) is 0 Å². The van der Waals surface area contributed by atoms with Gasteiger partial charge in [0.2, 0.25) is 11.9 Å². The normalized spacial score (nSPS) is 21.5. The van der Waals surface area contributed by atoms with Gasteiger partial charge in [-0.15, -0.1) is 11.3 Å². The molecule has 0 radical (unpaired) electrons. The van der Waals surface area contributed by atoms with Crippen LogP contribution in [-0.4, -0.2) is 43.9 Å². The zero-order valence-corrected chi connectivity index (χ0v) is 15.2. The molecule has 0 bridgehead atoms. The Bertz CT molecular complexity index is 890. The minimum absolute atomic E-state index is 0.203. The smallest absolute Gasteiger partial charge is 0.368 e. The van der Waals surface area contributed by atoms with Gasteiger partial charge in [0, 0.05) is 43.1 Å². The Labute approximate surface area is 163 Å². The number of alkyl halides is 7. The molecule has 2 aliphatic rings. The Morgan fingerprint density at radius 3 is 1.93 bits per heavy atom. The van der Waals surface area contributed by atoms with Crippen molar-refractivity contribution >= 4 is 23.2 Å². The summed E-state index contributed by atoms with van der Waals surface area (Å²) in [7, 11) is 0. The zero-order chi connectivity index (χ0) is 21.2. The summed E-state index contributed by atoms with van der Waals surface area (Å²) in [5.41, 5.74) is 4.48. The molecule has 6 nitrogen and oxygen atoms in total. The van der Waals surface area contributed by atoms with Crippen LogP contribution in [0, 0.1) is 0 Å².